The molecule has 0 bridgehead atoms. The Bertz CT molecular complexity index is 136. The van der Waals surface area contributed by atoms with Crippen LogP contribution in [-0.4, -0.2) is 19.4 Å². The fourth-order valence-corrected chi connectivity index (χ4v) is 1.39. The maximum absolute atomic E-state index is 12.7. The van der Waals surface area contributed by atoms with Crippen LogP contribution in [0.25, 0.3) is 0 Å². The number of halogens is 1. The van der Waals surface area contributed by atoms with E-state index in [1.54, 1.807) is 6.92 Å². The lowest BCUT2D eigenvalue weighted by molar-refractivity contribution is 0.0725. The summed E-state index contributed by atoms with van der Waals surface area (Å²) in [5, 5.41) is 0. The zero-order chi connectivity index (χ0) is 8.27. The van der Waals surface area contributed by atoms with Crippen LogP contribution in [-0.2, 0) is 4.74 Å². The van der Waals surface area contributed by atoms with Gasteiger partial charge in [0.05, 0.1) is 0 Å². The molecule has 1 fully saturated rings. The molecule has 1 atom stereocenters. The highest BCUT2D eigenvalue weighted by atomic mass is 19.1. The largest absolute Gasteiger partial charge is 0.381 e. The summed E-state index contributed by atoms with van der Waals surface area (Å²) in [5.41, 5.74) is 0.744. The van der Waals surface area contributed by atoms with Crippen LogP contribution < -0.4 is 0 Å². The molecule has 1 aliphatic rings. The van der Waals surface area contributed by atoms with Gasteiger partial charge in [0, 0.05) is 13.2 Å². The molecule has 1 nitrogen and oxygen atoms in total. The fourth-order valence-electron chi connectivity index (χ4n) is 1.39. The van der Waals surface area contributed by atoms with Crippen LogP contribution in [0.2, 0.25) is 0 Å². The molecule has 11 heavy (non-hydrogen) atoms. The third-order valence-electron chi connectivity index (χ3n) is 2.26. The lowest BCUT2D eigenvalue weighted by Crippen LogP contribution is -2.20. The first kappa shape index (κ1) is 8.72. The van der Waals surface area contributed by atoms with Crippen molar-refractivity contribution >= 4 is 0 Å². The minimum atomic E-state index is -0.863. The Kier molecular flexibility index (Phi) is 3.06. The molecule has 0 aromatic heterocycles. The quantitative estimate of drug-likeness (QED) is 0.560. The van der Waals surface area contributed by atoms with E-state index in [1.807, 2.05) is 0 Å². The molecule has 0 radical (unpaired) electrons. The monoisotopic (exact) mass is 158 g/mol. The second-order valence-corrected chi connectivity index (χ2v) is 3.08. The molecule has 0 amide bonds. The first-order valence-electron chi connectivity index (χ1n) is 4.12. The Labute approximate surface area is 67.2 Å². The van der Waals surface area contributed by atoms with E-state index >= 15 is 0 Å². The Hall–Kier alpha value is -0.370. The number of alkyl halides is 1. The van der Waals surface area contributed by atoms with Crippen molar-refractivity contribution in [3.8, 4) is 0 Å². The third kappa shape index (κ3) is 2.29. The van der Waals surface area contributed by atoms with E-state index in [9.17, 15) is 4.39 Å². The average Bonchev–Trinajstić information content (AvgIpc) is 2.05. The minimum absolute atomic E-state index is 0.351. The highest BCUT2D eigenvalue weighted by Crippen LogP contribution is 2.25. The zero-order valence-corrected chi connectivity index (χ0v) is 6.98. The predicted molar refractivity (Wildman–Crippen MR) is 43.3 cm³/mol. The predicted octanol–water partition coefficient (Wildman–Crippen LogP) is 2.33. The molecule has 1 aliphatic heterocycles. The van der Waals surface area contributed by atoms with Crippen molar-refractivity contribution < 1.29 is 9.13 Å². The van der Waals surface area contributed by atoms with Crippen molar-refractivity contribution in [2.45, 2.75) is 25.9 Å². The second kappa shape index (κ2) is 3.86. The standard InChI is InChI=1S/C9H15FO/c1-7(8(2)10)9-3-5-11-6-4-9/h8-9H,1,3-6H2,2H3. The summed E-state index contributed by atoms with van der Waals surface area (Å²) in [4.78, 5) is 0. The molecule has 1 saturated heterocycles. The first-order chi connectivity index (χ1) is 5.22. The molecular formula is C9H15FO. The maximum Gasteiger partial charge on any atom is 0.118 e. The molecule has 64 valence electrons. The smallest absolute Gasteiger partial charge is 0.118 e. The SMILES string of the molecule is C=C(C(C)F)C1CCOCC1. The van der Waals surface area contributed by atoms with Gasteiger partial charge >= 0.3 is 0 Å². The second-order valence-electron chi connectivity index (χ2n) is 3.08. The summed E-state index contributed by atoms with van der Waals surface area (Å²) in [6.07, 6.45) is 1.01. The van der Waals surface area contributed by atoms with Gasteiger partial charge in [0.2, 0.25) is 0 Å². The summed E-state index contributed by atoms with van der Waals surface area (Å²) in [5.74, 6) is 0.351. The Balaban J connectivity index is 2.39. The fraction of sp³-hybridized carbons (Fsp3) is 0.778. The van der Waals surface area contributed by atoms with E-state index in [0.717, 1.165) is 31.6 Å². The number of ether oxygens (including phenoxy) is 1. The van der Waals surface area contributed by atoms with Crippen molar-refractivity contribution in [1.29, 1.82) is 0 Å². The van der Waals surface area contributed by atoms with E-state index < -0.39 is 6.17 Å². The van der Waals surface area contributed by atoms with Crippen LogP contribution >= 0.6 is 0 Å². The Morgan fingerprint density at radius 2 is 2.09 bits per heavy atom. The van der Waals surface area contributed by atoms with Gasteiger partial charge in [0.25, 0.3) is 0 Å². The number of hydrogen-bond donors (Lipinski definition) is 0. The summed E-state index contributed by atoms with van der Waals surface area (Å²) in [7, 11) is 0. The lowest BCUT2D eigenvalue weighted by atomic mass is 9.90. The van der Waals surface area contributed by atoms with E-state index in [1.165, 1.54) is 0 Å². The molecule has 1 rings (SSSR count). The van der Waals surface area contributed by atoms with Crippen molar-refractivity contribution in [1.82, 2.24) is 0 Å². The van der Waals surface area contributed by atoms with Gasteiger partial charge in [-0.2, -0.15) is 0 Å². The van der Waals surface area contributed by atoms with Gasteiger partial charge in [-0.25, -0.2) is 4.39 Å². The van der Waals surface area contributed by atoms with E-state index in [0.29, 0.717) is 5.92 Å². The first-order valence-corrected chi connectivity index (χ1v) is 4.12. The van der Waals surface area contributed by atoms with Gasteiger partial charge in [-0.3, -0.25) is 0 Å². The summed E-state index contributed by atoms with van der Waals surface area (Å²) < 4.78 is 17.9. The highest BCUT2D eigenvalue weighted by molar-refractivity contribution is 5.06. The average molecular weight is 158 g/mol. The molecule has 2 heteroatoms. The van der Waals surface area contributed by atoms with Gasteiger partial charge in [0.15, 0.2) is 0 Å². The van der Waals surface area contributed by atoms with E-state index in [4.69, 9.17) is 4.74 Å². The van der Waals surface area contributed by atoms with Crippen LogP contribution in [0, 0.1) is 5.92 Å². The topological polar surface area (TPSA) is 9.23 Å². The van der Waals surface area contributed by atoms with Crippen molar-refractivity contribution in [2.24, 2.45) is 5.92 Å². The molecule has 0 aromatic carbocycles. The van der Waals surface area contributed by atoms with Gasteiger partial charge in [-0.1, -0.05) is 6.58 Å². The van der Waals surface area contributed by atoms with Gasteiger partial charge in [-0.15, -0.1) is 0 Å². The van der Waals surface area contributed by atoms with Crippen molar-refractivity contribution in [3.05, 3.63) is 12.2 Å². The molecule has 0 saturated carbocycles. The van der Waals surface area contributed by atoms with Crippen molar-refractivity contribution in [3.63, 3.8) is 0 Å². The molecule has 0 aliphatic carbocycles. The zero-order valence-electron chi connectivity index (χ0n) is 6.98. The van der Waals surface area contributed by atoms with Gasteiger partial charge in [0.1, 0.15) is 6.17 Å². The van der Waals surface area contributed by atoms with Crippen LogP contribution in [0.1, 0.15) is 19.8 Å². The number of rotatable bonds is 2. The molecule has 1 heterocycles. The summed E-state index contributed by atoms with van der Waals surface area (Å²) >= 11 is 0. The molecule has 0 aromatic rings. The number of hydrogen-bond acceptors (Lipinski definition) is 1. The summed E-state index contributed by atoms with van der Waals surface area (Å²) in [6.45, 7) is 6.82. The maximum atomic E-state index is 12.7. The van der Waals surface area contributed by atoms with E-state index in [2.05, 4.69) is 6.58 Å². The third-order valence-corrected chi connectivity index (χ3v) is 2.26. The highest BCUT2D eigenvalue weighted by Gasteiger charge is 2.19. The lowest BCUT2D eigenvalue weighted by Gasteiger charge is -2.24. The molecule has 1 unspecified atom stereocenters. The Morgan fingerprint density at radius 3 is 2.55 bits per heavy atom. The van der Waals surface area contributed by atoms with Crippen LogP contribution in [0.5, 0.6) is 0 Å². The van der Waals surface area contributed by atoms with Crippen molar-refractivity contribution in [2.75, 3.05) is 13.2 Å². The van der Waals surface area contributed by atoms with Gasteiger partial charge in [-0.05, 0) is 31.3 Å². The number of allylic oxidation sites excluding steroid dienone is 1. The van der Waals surface area contributed by atoms with Crippen LogP contribution in [0.3, 0.4) is 0 Å². The summed E-state index contributed by atoms with van der Waals surface area (Å²) in [6, 6.07) is 0. The van der Waals surface area contributed by atoms with Gasteiger partial charge < -0.3 is 4.74 Å². The van der Waals surface area contributed by atoms with Crippen LogP contribution in [0.4, 0.5) is 4.39 Å². The molecule has 0 spiro atoms. The Morgan fingerprint density at radius 1 is 1.55 bits per heavy atom. The normalized spacial score (nSPS) is 23.1. The molecular weight excluding hydrogens is 143 g/mol. The molecule has 0 N–H and O–H groups in total. The van der Waals surface area contributed by atoms with Crippen LogP contribution in [0.15, 0.2) is 12.2 Å². The minimum Gasteiger partial charge on any atom is -0.381 e. The van der Waals surface area contributed by atoms with E-state index in [-0.39, 0.29) is 0 Å².